The molecule has 0 unspecified atom stereocenters. The van der Waals surface area contributed by atoms with Crippen molar-refractivity contribution in [2.75, 3.05) is 20.8 Å². The Balaban J connectivity index is 2.58. The standard InChI is InChI=1S/C13H19NO3/c1-10(2)14(3)13(15)9-17-12-8-6-5-7-11(12)16-4/h5-8,10H,9H2,1-4H3. The summed E-state index contributed by atoms with van der Waals surface area (Å²) in [6.07, 6.45) is 0. The minimum absolute atomic E-state index is 0.0229. The molecule has 0 heterocycles. The van der Waals surface area contributed by atoms with E-state index in [0.717, 1.165) is 0 Å². The first-order valence-electron chi connectivity index (χ1n) is 5.57. The third-order valence-electron chi connectivity index (χ3n) is 2.59. The molecule has 4 nitrogen and oxygen atoms in total. The molecule has 0 saturated carbocycles. The van der Waals surface area contributed by atoms with Gasteiger partial charge in [0.1, 0.15) is 0 Å². The molecule has 94 valence electrons. The number of rotatable bonds is 5. The van der Waals surface area contributed by atoms with Crippen molar-refractivity contribution in [2.24, 2.45) is 0 Å². The van der Waals surface area contributed by atoms with Crippen molar-refractivity contribution in [3.05, 3.63) is 24.3 Å². The molecule has 1 amide bonds. The maximum atomic E-state index is 11.7. The van der Waals surface area contributed by atoms with Crippen LogP contribution in [0, 0.1) is 0 Å². The van der Waals surface area contributed by atoms with Crippen molar-refractivity contribution in [1.82, 2.24) is 4.90 Å². The minimum Gasteiger partial charge on any atom is -0.493 e. The van der Waals surface area contributed by atoms with Crippen molar-refractivity contribution >= 4 is 5.91 Å². The van der Waals surface area contributed by atoms with E-state index in [1.54, 1.807) is 31.2 Å². The Morgan fingerprint density at radius 1 is 1.29 bits per heavy atom. The Morgan fingerprint density at radius 3 is 2.41 bits per heavy atom. The molecule has 0 atom stereocenters. The van der Waals surface area contributed by atoms with E-state index in [9.17, 15) is 4.79 Å². The first-order valence-corrected chi connectivity index (χ1v) is 5.57. The molecular formula is C13H19NO3. The maximum absolute atomic E-state index is 11.7. The number of para-hydroxylation sites is 2. The Hall–Kier alpha value is -1.71. The van der Waals surface area contributed by atoms with Crippen LogP contribution in [0.5, 0.6) is 11.5 Å². The van der Waals surface area contributed by atoms with Crippen LogP contribution in [0.1, 0.15) is 13.8 Å². The molecule has 4 heteroatoms. The lowest BCUT2D eigenvalue weighted by Gasteiger charge is -2.21. The number of ether oxygens (including phenoxy) is 2. The third-order valence-corrected chi connectivity index (χ3v) is 2.59. The summed E-state index contributed by atoms with van der Waals surface area (Å²) in [5.41, 5.74) is 0. The molecule has 1 aromatic carbocycles. The van der Waals surface area contributed by atoms with Gasteiger partial charge >= 0.3 is 0 Å². The molecule has 0 aliphatic rings. The molecule has 0 aliphatic carbocycles. The van der Waals surface area contributed by atoms with Gasteiger partial charge in [-0.1, -0.05) is 12.1 Å². The van der Waals surface area contributed by atoms with Crippen LogP contribution >= 0.6 is 0 Å². The van der Waals surface area contributed by atoms with E-state index in [1.165, 1.54) is 0 Å². The van der Waals surface area contributed by atoms with Crippen LogP contribution in [0.3, 0.4) is 0 Å². The first kappa shape index (κ1) is 13.4. The van der Waals surface area contributed by atoms with Gasteiger partial charge in [0.2, 0.25) is 0 Å². The minimum atomic E-state index is -0.0501. The van der Waals surface area contributed by atoms with E-state index < -0.39 is 0 Å². The maximum Gasteiger partial charge on any atom is 0.260 e. The fraction of sp³-hybridized carbons (Fsp3) is 0.462. The molecule has 1 aromatic rings. The number of carbonyl (C=O) groups is 1. The fourth-order valence-electron chi connectivity index (χ4n) is 1.27. The molecule has 0 aromatic heterocycles. The summed E-state index contributed by atoms with van der Waals surface area (Å²) >= 11 is 0. The molecule has 1 rings (SSSR count). The van der Waals surface area contributed by atoms with E-state index >= 15 is 0 Å². The highest BCUT2D eigenvalue weighted by Gasteiger charge is 2.13. The van der Waals surface area contributed by atoms with Gasteiger partial charge in [0.05, 0.1) is 7.11 Å². The molecule has 0 N–H and O–H groups in total. The van der Waals surface area contributed by atoms with Gasteiger partial charge in [-0.3, -0.25) is 4.79 Å². The Morgan fingerprint density at radius 2 is 1.88 bits per heavy atom. The number of likely N-dealkylation sites (N-methyl/N-ethyl adjacent to an activating group) is 1. The first-order chi connectivity index (χ1) is 8.06. The summed E-state index contributed by atoms with van der Waals surface area (Å²) in [7, 11) is 3.34. The van der Waals surface area contributed by atoms with E-state index in [1.807, 2.05) is 26.0 Å². The zero-order valence-corrected chi connectivity index (χ0v) is 10.8. The van der Waals surface area contributed by atoms with Crippen LogP contribution in [0.2, 0.25) is 0 Å². The Kier molecular flexibility index (Phi) is 4.82. The highest BCUT2D eigenvalue weighted by atomic mass is 16.5. The fourth-order valence-corrected chi connectivity index (χ4v) is 1.27. The number of benzene rings is 1. The smallest absolute Gasteiger partial charge is 0.260 e. The molecule has 0 aliphatic heterocycles. The van der Waals surface area contributed by atoms with Gasteiger partial charge in [0.25, 0.3) is 5.91 Å². The average molecular weight is 237 g/mol. The van der Waals surface area contributed by atoms with E-state index in [0.29, 0.717) is 11.5 Å². The SMILES string of the molecule is COc1ccccc1OCC(=O)N(C)C(C)C. The van der Waals surface area contributed by atoms with Crippen LogP contribution < -0.4 is 9.47 Å². The van der Waals surface area contributed by atoms with Gasteiger partial charge in [0, 0.05) is 13.1 Å². The van der Waals surface area contributed by atoms with Gasteiger partial charge in [-0.15, -0.1) is 0 Å². The van der Waals surface area contributed by atoms with Crippen LogP contribution in [-0.4, -0.2) is 37.6 Å². The lowest BCUT2D eigenvalue weighted by atomic mass is 10.3. The second-order valence-corrected chi connectivity index (χ2v) is 4.04. The van der Waals surface area contributed by atoms with Gasteiger partial charge in [-0.25, -0.2) is 0 Å². The number of amides is 1. The monoisotopic (exact) mass is 237 g/mol. The molecule has 0 fully saturated rings. The molecule has 0 bridgehead atoms. The van der Waals surface area contributed by atoms with E-state index in [-0.39, 0.29) is 18.6 Å². The van der Waals surface area contributed by atoms with Crippen molar-refractivity contribution in [1.29, 1.82) is 0 Å². The quantitative estimate of drug-likeness (QED) is 0.785. The third kappa shape index (κ3) is 3.66. The van der Waals surface area contributed by atoms with Crippen LogP contribution in [-0.2, 0) is 4.79 Å². The van der Waals surface area contributed by atoms with Gasteiger partial charge < -0.3 is 14.4 Å². The number of carbonyl (C=O) groups excluding carboxylic acids is 1. The number of hydrogen-bond acceptors (Lipinski definition) is 3. The predicted octanol–water partition coefficient (Wildman–Crippen LogP) is 1.94. The molecule has 0 spiro atoms. The zero-order chi connectivity index (χ0) is 12.8. The molecule has 0 radical (unpaired) electrons. The summed E-state index contributed by atoms with van der Waals surface area (Å²) in [4.78, 5) is 13.4. The molecule has 0 saturated heterocycles. The second-order valence-electron chi connectivity index (χ2n) is 4.04. The predicted molar refractivity (Wildman–Crippen MR) is 66.4 cm³/mol. The average Bonchev–Trinajstić information content (AvgIpc) is 2.35. The molecule has 17 heavy (non-hydrogen) atoms. The second kappa shape index (κ2) is 6.13. The highest BCUT2D eigenvalue weighted by molar-refractivity contribution is 5.77. The summed E-state index contributed by atoms with van der Waals surface area (Å²) in [5.74, 6) is 1.17. The van der Waals surface area contributed by atoms with Gasteiger partial charge in [-0.05, 0) is 26.0 Å². The van der Waals surface area contributed by atoms with E-state index in [4.69, 9.17) is 9.47 Å². The zero-order valence-electron chi connectivity index (χ0n) is 10.8. The van der Waals surface area contributed by atoms with Gasteiger partial charge in [0.15, 0.2) is 18.1 Å². The lowest BCUT2D eigenvalue weighted by Crippen LogP contribution is -2.36. The van der Waals surface area contributed by atoms with Crippen LogP contribution in [0.25, 0.3) is 0 Å². The number of nitrogens with zero attached hydrogens (tertiary/aromatic N) is 1. The number of methoxy groups -OCH3 is 1. The summed E-state index contributed by atoms with van der Waals surface area (Å²) < 4.78 is 10.6. The summed E-state index contributed by atoms with van der Waals surface area (Å²) in [6.45, 7) is 3.94. The van der Waals surface area contributed by atoms with Crippen molar-refractivity contribution in [3.8, 4) is 11.5 Å². The van der Waals surface area contributed by atoms with Crippen molar-refractivity contribution < 1.29 is 14.3 Å². The number of hydrogen-bond donors (Lipinski definition) is 0. The largest absolute Gasteiger partial charge is 0.493 e. The van der Waals surface area contributed by atoms with Gasteiger partial charge in [-0.2, -0.15) is 0 Å². The van der Waals surface area contributed by atoms with E-state index in [2.05, 4.69) is 0 Å². The Bertz CT molecular complexity index is 377. The summed E-state index contributed by atoms with van der Waals surface area (Å²) in [6, 6.07) is 7.44. The van der Waals surface area contributed by atoms with Crippen LogP contribution in [0.15, 0.2) is 24.3 Å². The topological polar surface area (TPSA) is 38.8 Å². The van der Waals surface area contributed by atoms with Crippen molar-refractivity contribution in [2.45, 2.75) is 19.9 Å². The summed E-state index contributed by atoms with van der Waals surface area (Å²) in [5, 5.41) is 0. The van der Waals surface area contributed by atoms with Crippen molar-refractivity contribution in [3.63, 3.8) is 0 Å². The van der Waals surface area contributed by atoms with Crippen LogP contribution in [0.4, 0.5) is 0 Å². The normalized spacial score (nSPS) is 10.2. The molecular weight excluding hydrogens is 218 g/mol. The Labute approximate surface area is 102 Å². The highest BCUT2D eigenvalue weighted by Crippen LogP contribution is 2.25. The lowest BCUT2D eigenvalue weighted by molar-refractivity contribution is -0.133.